The van der Waals surface area contributed by atoms with E-state index in [2.05, 4.69) is 10.2 Å². The summed E-state index contributed by atoms with van der Waals surface area (Å²) >= 11 is 1.26. The minimum Gasteiger partial charge on any atom is -0.493 e. The van der Waals surface area contributed by atoms with Gasteiger partial charge in [0.1, 0.15) is 11.3 Å². The van der Waals surface area contributed by atoms with Gasteiger partial charge in [-0.3, -0.25) is 4.79 Å². The van der Waals surface area contributed by atoms with Gasteiger partial charge in [0.05, 0.1) is 31.5 Å². The second-order valence-corrected chi connectivity index (χ2v) is 11.2. The van der Waals surface area contributed by atoms with Crippen molar-refractivity contribution in [2.75, 3.05) is 27.8 Å². The van der Waals surface area contributed by atoms with Crippen molar-refractivity contribution in [1.82, 2.24) is 24.6 Å². The van der Waals surface area contributed by atoms with Crippen LogP contribution in [0.2, 0.25) is 0 Å². The van der Waals surface area contributed by atoms with Crippen LogP contribution in [0.4, 0.5) is 4.39 Å². The molecule has 0 aliphatic carbocycles. The molecule has 3 aromatic carbocycles. The average Bonchev–Trinajstić information content (AvgIpc) is 3.27. The molecule has 8 nitrogen and oxygen atoms in total. The van der Waals surface area contributed by atoms with E-state index >= 15 is 0 Å². The second kappa shape index (κ2) is 12.1. The molecule has 0 radical (unpaired) electrons. The standard InChI is InChI=1S/C31H32FN5O3S/c1-19-10-12-25-23(16-19)28-29(37(25)18-22-8-6-7-9-24(22)32)33-31(35-34-28)41-20(2)30(38)36(3)15-14-21-11-13-26(39-4)27(17-21)40-5/h6-13,16-17,20H,14-15,18H2,1-5H3. The zero-order valence-corrected chi connectivity index (χ0v) is 24.5. The predicted octanol–water partition coefficient (Wildman–Crippen LogP) is 5.67. The Kier molecular flexibility index (Phi) is 8.39. The van der Waals surface area contributed by atoms with Crippen molar-refractivity contribution < 1.29 is 18.7 Å². The number of likely N-dealkylation sites (N-methyl/N-ethyl adjacent to an activating group) is 1. The zero-order chi connectivity index (χ0) is 29.1. The molecule has 0 saturated heterocycles. The van der Waals surface area contributed by atoms with Gasteiger partial charge in [-0.15, -0.1) is 10.2 Å². The molecule has 1 unspecified atom stereocenters. The first-order valence-electron chi connectivity index (χ1n) is 13.3. The third-order valence-corrected chi connectivity index (χ3v) is 8.02. The molecule has 0 aliphatic rings. The number of nitrogens with zero attached hydrogens (tertiary/aromatic N) is 5. The van der Waals surface area contributed by atoms with Crippen molar-refractivity contribution in [3.63, 3.8) is 0 Å². The molecule has 2 aromatic heterocycles. The maximum Gasteiger partial charge on any atom is 0.235 e. The number of carbonyl (C=O) groups excluding carboxylic acids is 1. The molecule has 0 spiro atoms. The van der Waals surface area contributed by atoms with E-state index in [9.17, 15) is 9.18 Å². The van der Waals surface area contributed by atoms with Crippen LogP contribution in [0.1, 0.15) is 23.6 Å². The van der Waals surface area contributed by atoms with E-state index in [4.69, 9.17) is 14.5 Å². The van der Waals surface area contributed by atoms with Crippen LogP contribution in [0.3, 0.4) is 0 Å². The molecule has 5 aromatic rings. The lowest BCUT2D eigenvalue weighted by atomic mass is 10.1. The van der Waals surface area contributed by atoms with Crippen molar-refractivity contribution in [2.45, 2.75) is 37.2 Å². The highest BCUT2D eigenvalue weighted by Crippen LogP contribution is 2.31. The molecule has 5 rings (SSSR count). The lowest BCUT2D eigenvalue weighted by Crippen LogP contribution is -2.34. The van der Waals surface area contributed by atoms with Crippen molar-refractivity contribution in [2.24, 2.45) is 0 Å². The second-order valence-electron chi connectivity index (χ2n) is 9.92. The van der Waals surface area contributed by atoms with E-state index < -0.39 is 5.25 Å². The van der Waals surface area contributed by atoms with Crippen LogP contribution >= 0.6 is 11.8 Å². The number of thioether (sulfide) groups is 1. The molecule has 0 N–H and O–H groups in total. The van der Waals surface area contributed by atoms with E-state index in [1.54, 1.807) is 38.3 Å². The summed E-state index contributed by atoms with van der Waals surface area (Å²) in [7, 11) is 4.99. The number of fused-ring (bicyclic) bond motifs is 3. The first kappa shape index (κ1) is 28.4. The first-order chi connectivity index (χ1) is 19.8. The molecule has 1 amide bonds. The number of aryl methyl sites for hydroxylation is 1. The number of halogens is 1. The molecule has 0 bridgehead atoms. The summed E-state index contributed by atoms with van der Waals surface area (Å²) in [5.41, 5.74) is 4.83. The Morgan fingerprint density at radius 1 is 1.05 bits per heavy atom. The molecular weight excluding hydrogens is 541 g/mol. The average molecular weight is 574 g/mol. The lowest BCUT2D eigenvalue weighted by molar-refractivity contribution is -0.129. The topological polar surface area (TPSA) is 82.4 Å². The Morgan fingerprint density at radius 3 is 2.59 bits per heavy atom. The van der Waals surface area contributed by atoms with Crippen LogP contribution in [-0.4, -0.2) is 63.6 Å². The molecule has 0 saturated carbocycles. The van der Waals surface area contributed by atoms with Gasteiger partial charge in [0.2, 0.25) is 11.1 Å². The third kappa shape index (κ3) is 5.97. The van der Waals surface area contributed by atoms with Crippen molar-refractivity contribution >= 4 is 39.7 Å². The van der Waals surface area contributed by atoms with Crippen LogP contribution in [0.15, 0.2) is 65.8 Å². The van der Waals surface area contributed by atoms with Crippen molar-refractivity contribution in [3.8, 4) is 11.5 Å². The molecule has 41 heavy (non-hydrogen) atoms. The van der Waals surface area contributed by atoms with Crippen LogP contribution in [-0.2, 0) is 17.8 Å². The molecule has 212 valence electrons. The Balaban J connectivity index is 1.35. The largest absolute Gasteiger partial charge is 0.493 e. The Morgan fingerprint density at radius 2 is 1.83 bits per heavy atom. The fourth-order valence-corrected chi connectivity index (χ4v) is 5.65. The van der Waals surface area contributed by atoms with Gasteiger partial charge in [-0.1, -0.05) is 47.7 Å². The minimum absolute atomic E-state index is 0.0401. The number of amides is 1. The molecule has 0 fully saturated rings. The third-order valence-electron chi connectivity index (χ3n) is 7.08. The SMILES string of the molecule is COc1ccc(CCN(C)C(=O)C(C)Sc2nnc3c4cc(C)ccc4n(Cc4ccccc4F)c3n2)cc1OC. The summed E-state index contributed by atoms with van der Waals surface area (Å²) in [6.45, 7) is 4.69. The van der Waals surface area contributed by atoms with E-state index in [1.807, 2.05) is 60.9 Å². The summed E-state index contributed by atoms with van der Waals surface area (Å²) < 4.78 is 27.2. The quantitative estimate of drug-likeness (QED) is 0.199. The van der Waals surface area contributed by atoms with Gasteiger partial charge in [-0.25, -0.2) is 9.37 Å². The normalized spacial score (nSPS) is 12.0. The number of methoxy groups -OCH3 is 2. The minimum atomic E-state index is -0.434. The fourth-order valence-electron chi connectivity index (χ4n) is 4.82. The Hall–Kier alpha value is -4.18. The summed E-state index contributed by atoms with van der Waals surface area (Å²) in [6, 6.07) is 18.5. The lowest BCUT2D eigenvalue weighted by Gasteiger charge is -2.21. The van der Waals surface area contributed by atoms with Crippen molar-refractivity contribution in [1.29, 1.82) is 0 Å². The smallest absolute Gasteiger partial charge is 0.235 e. The molecule has 1 atom stereocenters. The number of hydrogen-bond donors (Lipinski definition) is 0. The number of aromatic nitrogens is 4. The fraction of sp³-hybridized carbons (Fsp3) is 0.290. The zero-order valence-electron chi connectivity index (χ0n) is 23.7. The van der Waals surface area contributed by atoms with Gasteiger partial charge < -0.3 is 18.9 Å². The highest BCUT2D eigenvalue weighted by Gasteiger charge is 2.22. The van der Waals surface area contributed by atoms with Gasteiger partial charge in [0, 0.05) is 24.5 Å². The summed E-state index contributed by atoms with van der Waals surface area (Å²) in [6.07, 6.45) is 0.666. The van der Waals surface area contributed by atoms with Gasteiger partial charge >= 0.3 is 0 Å². The summed E-state index contributed by atoms with van der Waals surface area (Å²) in [5, 5.41) is 9.72. The Labute approximate surface area is 242 Å². The molecule has 0 aliphatic heterocycles. The van der Waals surface area contributed by atoms with Gasteiger partial charge in [0.25, 0.3) is 0 Å². The molecule has 10 heteroatoms. The van der Waals surface area contributed by atoms with Crippen LogP contribution in [0.5, 0.6) is 11.5 Å². The van der Waals surface area contributed by atoms with E-state index in [-0.39, 0.29) is 11.7 Å². The van der Waals surface area contributed by atoms with E-state index in [1.165, 1.54) is 17.8 Å². The molecule has 2 heterocycles. The van der Waals surface area contributed by atoms with Gasteiger partial charge in [-0.05, 0) is 56.2 Å². The number of benzene rings is 3. The Bertz CT molecular complexity index is 1720. The van der Waals surface area contributed by atoms with Crippen LogP contribution in [0.25, 0.3) is 22.1 Å². The number of ether oxygens (including phenoxy) is 2. The first-order valence-corrected chi connectivity index (χ1v) is 14.2. The van der Waals surface area contributed by atoms with Crippen LogP contribution in [0, 0.1) is 12.7 Å². The van der Waals surface area contributed by atoms with E-state index in [0.717, 1.165) is 22.0 Å². The number of rotatable bonds is 10. The predicted molar refractivity (Wildman–Crippen MR) is 159 cm³/mol. The highest BCUT2D eigenvalue weighted by atomic mass is 32.2. The van der Waals surface area contributed by atoms with Gasteiger partial charge in [-0.2, -0.15) is 0 Å². The van der Waals surface area contributed by atoms with Gasteiger partial charge in [0.15, 0.2) is 17.1 Å². The highest BCUT2D eigenvalue weighted by molar-refractivity contribution is 8.00. The monoisotopic (exact) mass is 573 g/mol. The summed E-state index contributed by atoms with van der Waals surface area (Å²) in [5.74, 6) is 1.01. The van der Waals surface area contributed by atoms with Crippen LogP contribution < -0.4 is 9.47 Å². The van der Waals surface area contributed by atoms with E-state index in [0.29, 0.717) is 52.9 Å². The number of hydrogen-bond acceptors (Lipinski definition) is 7. The maximum absolute atomic E-state index is 14.6. The molecular formula is C31H32FN5O3S. The number of carbonyl (C=O) groups is 1. The van der Waals surface area contributed by atoms with Crippen molar-refractivity contribution in [3.05, 3.63) is 83.2 Å². The maximum atomic E-state index is 14.6. The summed E-state index contributed by atoms with van der Waals surface area (Å²) in [4.78, 5) is 19.7.